The summed E-state index contributed by atoms with van der Waals surface area (Å²) in [6.07, 6.45) is 4.18. The van der Waals surface area contributed by atoms with E-state index in [1.54, 1.807) is 0 Å². The lowest BCUT2D eigenvalue weighted by Gasteiger charge is -2.20. The number of nitrogens with zero attached hydrogens (tertiary/aromatic N) is 4. The zero-order valence-corrected chi connectivity index (χ0v) is 34.4. The molecule has 0 unspecified atom stereocenters. The Hall–Kier alpha value is -6.14. The van der Waals surface area contributed by atoms with Crippen molar-refractivity contribution in [1.82, 2.24) is 9.13 Å². The number of rotatable bonds is 10. The summed E-state index contributed by atoms with van der Waals surface area (Å²) in [7, 11) is 0. The second-order valence-electron chi connectivity index (χ2n) is 16.7. The quantitative estimate of drug-likeness (QED) is 0.137. The molecule has 0 fully saturated rings. The molecule has 0 saturated carbocycles. The number of fused-ring (bicyclic) bond motifs is 2. The van der Waals surface area contributed by atoms with E-state index in [4.69, 9.17) is 0 Å². The van der Waals surface area contributed by atoms with Crippen LogP contribution in [0.2, 0.25) is 0 Å². The van der Waals surface area contributed by atoms with Gasteiger partial charge in [0.05, 0.1) is 0 Å². The highest BCUT2D eigenvalue weighted by Gasteiger charge is 2.27. The minimum Gasteiger partial charge on any atom is -0.504 e. The standard InChI is InChI=1S/C51H52N4O2/c1-32(2)38-15-13-16-39(33(3)4)50(38)36-23-25-48(56)46(27-36)54-30-52(42-19-9-11-21-44(42)54)29-53-31-55(45-22-12-10-20-43(45)53)47-28-37(24-26-49(47)57)51-40(34(5)6)17-14-18-41(51)35(7)8/h9-28,30-35H,29H2,1-8H3/p+2. The third-order valence-corrected chi connectivity index (χ3v) is 11.5. The predicted molar refractivity (Wildman–Crippen MR) is 233 cm³/mol. The fourth-order valence-corrected chi connectivity index (χ4v) is 8.64. The molecule has 8 rings (SSSR count). The van der Waals surface area contributed by atoms with Crippen LogP contribution in [0.1, 0.15) is 101 Å². The van der Waals surface area contributed by atoms with Crippen LogP contribution in [0, 0.1) is 0 Å². The minimum atomic E-state index is 0.221. The van der Waals surface area contributed by atoms with Crippen LogP contribution >= 0.6 is 0 Å². The van der Waals surface area contributed by atoms with Gasteiger partial charge in [-0.3, -0.25) is 0 Å². The molecule has 57 heavy (non-hydrogen) atoms. The largest absolute Gasteiger partial charge is 0.504 e. The van der Waals surface area contributed by atoms with Crippen molar-refractivity contribution in [2.75, 3.05) is 0 Å². The second-order valence-corrected chi connectivity index (χ2v) is 16.7. The fourth-order valence-electron chi connectivity index (χ4n) is 8.64. The van der Waals surface area contributed by atoms with E-state index in [9.17, 15) is 10.2 Å². The number of benzene rings is 6. The Kier molecular flexibility index (Phi) is 9.99. The van der Waals surface area contributed by atoms with Crippen LogP contribution < -0.4 is 9.13 Å². The molecular weight excluding hydrogens is 701 g/mol. The van der Waals surface area contributed by atoms with Gasteiger partial charge >= 0.3 is 0 Å². The summed E-state index contributed by atoms with van der Waals surface area (Å²) >= 11 is 0. The summed E-state index contributed by atoms with van der Waals surface area (Å²) in [5.41, 5.74) is 15.4. The Balaban J connectivity index is 1.25. The van der Waals surface area contributed by atoms with E-state index in [0.29, 0.717) is 30.3 Å². The molecule has 0 radical (unpaired) electrons. The molecular formula is C51H54N4O2+2. The van der Waals surface area contributed by atoms with Gasteiger partial charge < -0.3 is 10.2 Å². The zero-order valence-electron chi connectivity index (χ0n) is 34.4. The van der Waals surface area contributed by atoms with Crippen molar-refractivity contribution in [3.05, 3.63) is 156 Å². The SMILES string of the molecule is CC(C)c1cccc(C(C)C)c1-c1ccc(O)c(-n2c[n+](C[n+]3cn(-c4cc(-c5c(C(C)C)cccc5C(C)C)ccc4O)c4ccccc43)c3ccccc32)c1. The minimum absolute atomic E-state index is 0.221. The number of hydrogen-bond acceptors (Lipinski definition) is 2. The van der Waals surface area contributed by atoms with Crippen LogP contribution in [0.15, 0.2) is 134 Å². The average molecular weight is 755 g/mol. The van der Waals surface area contributed by atoms with Gasteiger partial charge in [0.1, 0.15) is 0 Å². The molecule has 0 bridgehead atoms. The summed E-state index contributed by atoms with van der Waals surface area (Å²) in [6, 6.07) is 42.0. The molecule has 2 N–H and O–H groups in total. The molecule has 288 valence electrons. The number of imidazole rings is 2. The summed E-state index contributed by atoms with van der Waals surface area (Å²) < 4.78 is 8.66. The van der Waals surface area contributed by atoms with Crippen molar-refractivity contribution in [3.8, 4) is 45.1 Å². The highest BCUT2D eigenvalue weighted by molar-refractivity contribution is 5.81. The highest BCUT2D eigenvalue weighted by atomic mass is 16.3. The van der Waals surface area contributed by atoms with Gasteiger partial charge in [0.25, 0.3) is 12.7 Å². The topological polar surface area (TPSA) is 58.1 Å². The maximum atomic E-state index is 11.5. The molecule has 6 aromatic carbocycles. The Morgan fingerprint density at radius 3 is 1.14 bits per heavy atom. The van der Waals surface area contributed by atoms with Crippen LogP contribution in [0.5, 0.6) is 11.5 Å². The normalized spacial score (nSPS) is 12.0. The molecule has 0 amide bonds. The monoisotopic (exact) mass is 754 g/mol. The summed E-state index contributed by atoms with van der Waals surface area (Å²) in [6.45, 7) is 18.5. The van der Waals surface area contributed by atoms with E-state index >= 15 is 0 Å². The molecule has 6 nitrogen and oxygen atoms in total. The Labute approximate surface area is 336 Å². The van der Waals surface area contributed by atoms with Crippen molar-refractivity contribution in [1.29, 1.82) is 0 Å². The second kappa shape index (κ2) is 15.1. The van der Waals surface area contributed by atoms with E-state index in [-0.39, 0.29) is 11.5 Å². The first-order valence-electron chi connectivity index (χ1n) is 20.3. The first-order chi connectivity index (χ1) is 27.4. The van der Waals surface area contributed by atoms with Crippen molar-refractivity contribution < 1.29 is 19.3 Å². The third kappa shape index (κ3) is 6.77. The molecule has 2 aromatic heterocycles. The zero-order chi connectivity index (χ0) is 40.1. The van der Waals surface area contributed by atoms with E-state index in [1.807, 2.05) is 36.4 Å². The maximum absolute atomic E-state index is 11.5. The molecule has 0 aliphatic heterocycles. The van der Waals surface area contributed by atoms with Gasteiger partial charge in [-0.25, -0.2) is 0 Å². The molecule has 0 atom stereocenters. The number of phenolic OH excluding ortho intramolecular Hbond substituents is 2. The van der Waals surface area contributed by atoms with E-state index < -0.39 is 0 Å². The molecule has 2 heterocycles. The Morgan fingerprint density at radius 2 is 0.789 bits per heavy atom. The molecule has 8 aromatic rings. The predicted octanol–water partition coefficient (Wildman–Crippen LogP) is 11.9. The number of hydrogen-bond donors (Lipinski definition) is 2. The van der Waals surface area contributed by atoms with Crippen LogP contribution in [-0.2, 0) is 6.67 Å². The van der Waals surface area contributed by atoms with E-state index in [2.05, 4.69) is 171 Å². The first-order valence-corrected chi connectivity index (χ1v) is 20.3. The van der Waals surface area contributed by atoms with Crippen molar-refractivity contribution in [2.24, 2.45) is 0 Å². The van der Waals surface area contributed by atoms with Crippen molar-refractivity contribution >= 4 is 22.1 Å². The van der Waals surface area contributed by atoms with E-state index in [1.165, 1.54) is 33.4 Å². The lowest BCUT2D eigenvalue weighted by molar-refractivity contribution is -0.890. The van der Waals surface area contributed by atoms with E-state index in [0.717, 1.165) is 44.6 Å². The van der Waals surface area contributed by atoms with Crippen molar-refractivity contribution in [2.45, 2.75) is 85.7 Å². The van der Waals surface area contributed by atoms with Gasteiger partial charge in [0, 0.05) is 0 Å². The smallest absolute Gasteiger partial charge is 0.253 e. The Bertz CT molecular complexity index is 2520. The van der Waals surface area contributed by atoms with Gasteiger partial charge in [0.2, 0.25) is 6.67 Å². The maximum Gasteiger partial charge on any atom is 0.253 e. The van der Waals surface area contributed by atoms with Gasteiger partial charge in [-0.15, -0.1) is 0 Å². The van der Waals surface area contributed by atoms with Crippen molar-refractivity contribution in [3.63, 3.8) is 0 Å². The fraction of sp³-hybridized carbons (Fsp3) is 0.255. The van der Waals surface area contributed by atoms with Crippen LogP contribution in [0.25, 0.3) is 55.7 Å². The summed E-state index contributed by atoms with van der Waals surface area (Å²) in [5, 5.41) is 23.0. The lowest BCUT2D eigenvalue weighted by Crippen LogP contribution is -2.50. The summed E-state index contributed by atoms with van der Waals surface area (Å²) in [4.78, 5) is 0. The Morgan fingerprint density at radius 1 is 0.439 bits per heavy atom. The van der Waals surface area contributed by atoms with Gasteiger partial charge in [-0.1, -0.05) is 128 Å². The van der Waals surface area contributed by atoms with Gasteiger partial charge in [0.15, 0.2) is 44.9 Å². The molecule has 6 heteroatoms. The van der Waals surface area contributed by atoms with Gasteiger partial charge in [-0.2, -0.15) is 18.3 Å². The average Bonchev–Trinajstić information content (AvgIpc) is 3.76. The van der Waals surface area contributed by atoms with Crippen LogP contribution in [0.3, 0.4) is 0 Å². The lowest BCUT2D eigenvalue weighted by atomic mass is 9.85. The number of aromatic hydroxyl groups is 2. The highest BCUT2D eigenvalue weighted by Crippen LogP contribution is 2.40. The molecule has 0 spiro atoms. The van der Waals surface area contributed by atoms with Gasteiger partial charge in [-0.05, 0) is 117 Å². The summed E-state index contributed by atoms with van der Waals surface area (Å²) in [5.74, 6) is 1.84. The molecule has 0 aliphatic carbocycles. The van der Waals surface area contributed by atoms with Crippen LogP contribution in [-0.4, -0.2) is 19.3 Å². The number of aromatic nitrogens is 4. The number of para-hydroxylation sites is 4. The third-order valence-electron chi connectivity index (χ3n) is 11.5. The van der Waals surface area contributed by atoms with Crippen LogP contribution in [0.4, 0.5) is 0 Å². The first kappa shape index (κ1) is 37.8. The molecule has 0 saturated heterocycles. The number of phenols is 2. The molecule has 0 aliphatic rings.